The zero-order valence-corrected chi connectivity index (χ0v) is 31.8. The Hall–Kier alpha value is -6.44. The Bertz CT molecular complexity index is 2480. The van der Waals surface area contributed by atoms with E-state index in [1.54, 1.807) is 0 Å². The topological polar surface area (TPSA) is 129 Å². The van der Waals surface area contributed by atoms with Crippen LogP contribution in [0, 0.1) is 45.9 Å². The first-order chi connectivity index (χ1) is 27.0. The van der Waals surface area contributed by atoms with Gasteiger partial charge in [0, 0.05) is 17.7 Å². The van der Waals surface area contributed by atoms with E-state index in [4.69, 9.17) is 20.0 Å². The minimum Gasteiger partial charge on any atom is -0.456 e. The molecule has 1 atom stereocenters. The van der Waals surface area contributed by atoms with Crippen LogP contribution in [0.25, 0.3) is 0 Å². The van der Waals surface area contributed by atoms with Crippen molar-refractivity contribution >= 4 is 29.8 Å². The van der Waals surface area contributed by atoms with E-state index in [-0.39, 0.29) is 42.9 Å². The van der Waals surface area contributed by atoms with Crippen molar-refractivity contribution in [3.05, 3.63) is 178 Å². The number of halogens is 9. The lowest BCUT2D eigenvalue weighted by atomic mass is 9.86. The lowest BCUT2D eigenvalue weighted by Gasteiger charge is -2.32. The van der Waals surface area contributed by atoms with E-state index in [0.717, 1.165) is 43.6 Å². The molecule has 0 fully saturated rings. The zero-order valence-electron chi connectivity index (χ0n) is 29.4. The fourth-order valence-corrected chi connectivity index (χ4v) is 4.98. The number of alkyl halides is 4. The van der Waals surface area contributed by atoms with E-state index >= 15 is 0 Å². The number of nitrogens with zero attached hydrogens (tertiary/aromatic N) is 4. The van der Waals surface area contributed by atoms with E-state index < -0.39 is 69.0 Å². The maximum absolute atomic E-state index is 14.9. The third-order valence-electron chi connectivity index (χ3n) is 8.08. The van der Waals surface area contributed by atoms with Gasteiger partial charge in [0.15, 0.2) is 5.60 Å². The molecule has 0 aliphatic carbocycles. The molecule has 2 aromatic heterocycles. The predicted molar refractivity (Wildman–Crippen MR) is 207 cm³/mol. The van der Waals surface area contributed by atoms with Crippen LogP contribution < -0.4 is 9.47 Å². The number of hydrogen-bond donors (Lipinski definition) is 1. The molecule has 6 aromatic rings. The van der Waals surface area contributed by atoms with Crippen LogP contribution in [0.2, 0.25) is 0 Å². The summed E-state index contributed by atoms with van der Waals surface area (Å²) in [6, 6.07) is 24.0. The molecule has 1 unspecified atom stereocenters. The van der Waals surface area contributed by atoms with E-state index in [0.29, 0.717) is 46.9 Å². The summed E-state index contributed by atoms with van der Waals surface area (Å²) in [5.41, 5.74) is -5.55. The maximum Gasteiger partial charge on any atom is 0.351 e. The van der Waals surface area contributed by atoms with E-state index in [1.165, 1.54) is 60.7 Å². The van der Waals surface area contributed by atoms with Crippen LogP contribution in [0.1, 0.15) is 52.8 Å². The maximum atomic E-state index is 14.9. The Morgan fingerprint density at radius 2 is 1.05 bits per heavy atom. The molecule has 0 amide bonds. The largest absolute Gasteiger partial charge is 0.456 e. The van der Waals surface area contributed by atoms with E-state index in [2.05, 4.69) is 9.97 Å². The van der Waals surface area contributed by atoms with Crippen LogP contribution in [0.15, 0.2) is 122 Å². The van der Waals surface area contributed by atoms with E-state index in [1.807, 2.05) is 12.1 Å². The third kappa shape index (κ3) is 10.7. The molecule has 0 spiro atoms. The number of pyridine rings is 2. The molecule has 59 heavy (non-hydrogen) atoms. The van der Waals surface area contributed by atoms with Crippen LogP contribution in [-0.4, -0.2) is 20.9 Å². The van der Waals surface area contributed by atoms with Gasteiger partial charge in [0.1, 0.15) is 57.7 Å². The van der Waals surface area contributed by atoms with Crippen molar-refractivity contribution in [2.45, 2.75) is 31.8 Å². The Balaban J connectivity index is 0.000000305. The highest BCUT2D eigenvalue weighted by molar-refractivity contribution is 14.0. The highest BCUT2D eigenvalue weighted by Gasteiger charge is 2.54. The second-order valence-electron chi connectivity index (χ2n) is 12.0. The van der Waals surface area contributed by atoms with Gasteiger partial charge in [0.2, 0.25) is 5.78 Å². The predicted octanol–water partition coefficient (Wildman–Crippen LogP) is 11.3. The summed E-state index contributed by atoms with van der Waals surface area (Å²) >= 11 is 0. The lowest BCUT2D eigenvalue weighted by Crippen LogP contribution is -2.42. The highest BCUT2D eigenvalue weighted by Crippen LogP contribution is 2.45. The van der Waals surface area contributed by atoms with Gasteiger partial charge in [-0.1, -0.05) is 13.5 Å². The van der Waals surface area contributed by atoms with Gasteiger partial charge in [-0.15, -0.1) is 24.0 Å². The van der Waals surface area contributed by atoms with Gasteiger partial charge in [0.05, 0.1) is 41.2 Å². The molecule has 304 valence electrons. The normalized spacial score (nSPS) is 11.8. The Morgan fingerprint density at radius 3 is 1.46 bits per heavy atom. The van der Waals surface area contributed by atoms with Gasteiger partial charge in [0.25, 0.3) is 0 Å². The first kappa shape index (κ1) is 46.9. The average molecular weight is 933 g/mol. The van der Waals surface area contributed by atoms with Gasteiger partial charge in [-0.05, 0) is 97.9 Å². The molecule has 0 bridgehead atoms. The fraction of sp³-hybridized carbons (Fsp3) is 0.119. The number of benzene rings is 4. The molecular formula is C42H29F8IN4O4. The van der Waals surface area contributed by atoms with Crippen molar-refractivity contribution in [1.29, 1.82) is 10.5 Å². The summed E-state index contributed by atoms with van der Waals surface area (Å²) in [4.78, 5) is 19.2. The molecule has 1 N–H and O–H groups in total. The number of rotatable bonds is 10. The molecule has 0 aliphatic heterocycles. The van der Waals surface area contributed by atoms with Crippen molar-refractivity contribution in [3.8, 4) is 35.1 Å². The third-order valence-corrected chi connectivity index (χ3v) is 8.08. The number of carbonyl (C=O) groups excluding carboxylic acids is 1. The quantitative estimate of drug-likeness (QED) is 0.0817. The fourth-order valence-electron chi connectivity index (χ4n) is 4.98. The summed E-state index contributed by atoms with van der Waals surface area (Å²) in [6.45, 7) is 0.728. The monoisotopic (exact) mass is 932 g/mol. The number of ketones is 1. The van der Waals surface area contributed by atoms with Gasteiger partial charge in [-0.3, -0.25) is 14.8 Å². The number of Topliss-reactive ketones (excluding diaryl/α,β-unsaturated/α-hetero) is 1. The molecular weight excluding hydrogens is 903 g/mol. The Labute approximate surface area is 349 Å². The van der Waals surface area contributed by atoms with Crippen LogP contribution >= 0.6 is 24.0 Å². The highest BCUT2D eigenvalue weighted by atomic mass is 127. The molecule has 6 rings (SSSR count). The number of aromatic nitrogens is 2. The molecule has 8 nitrogen and oxygen atoms in total. The second kappa shape index (κ2) is 19.3. The van der Waals surface area contributed by atoms with Crippen molar-refractivity contribution in [2.75, 3.05) is 0 Å². The Kier molecular flexibility index (Phi) is 15.4. The summed E-state index contributed by atoms with van der Waals surface area (Å²) in [5.74, 6) is -13.6. The van der Waals surface area contributed by atoms with E-state index in [9.17, 15) is 45.0 Å². The number of nitriles is 2. The average Bonchev–Trinajstić information content (AvgIpc) is 3.19. The minimum atomic E-state index is -4.12. The lowest BCUT2D eigenvalue weighted by molar-refractivity contribution is -0.189. The summed E-state index contributed by atoms with van der Waals surface area (Å²) in [7, 11) is 0. The second-order valence-corrected chi connectivity index (χ2v) is 12.0. The molecule has 0 saturated heterocycles. The number of ether oxygens (including phenoxy) is 2. The SMILES string of the molecule is C.CC(O)(c1ccc(F)cc1F)C(F)(F)c1ccc(Oc2ccc(C#N)cc2)cn1.I.N#Cc1ccc(Oc2ccc(C(F)(F)C(=O)c3ccc(F)cc3F)nc2)cc1. The van der Waals surface area contributed by atoms with Gasteiger partial charge < -0.3 is 14.6 Å². The standard InChI is InChI=1S/C21H14F4N2O2.C20H10F4N2O2.CH4.HI/c1-20(28,17-8-4-14(22)10-18(17)23)21(24,25)19-9-7-16(12-27-19)29-15-5-2-13(11-26)3-6-15;21-13-3-7-16(17(22)9-13)19(27)20(23,24)18-8-6-15(11-26-18)28-14-4-1-12(10-25)2-5-14;;/h2-10,12,28H,1H3;1-9,11H;1H4;1H. The van der Waals surface area contributed by atoms with Crippen LogP contribution in [0.4, 0.5) is 35.1 Å². The molecule has 17 heteroatoms. The number of hydrogen-bond acceptors (Lipinski definition) is 8. The van der Waals surface area contributed by atoms with Gasteiger partial charge in [-0.2, -0.15) is 28.1 Å². The van der Waals surface area contributed by atoms with Crippen molar-refractivity contribution < 1.29 is 54.5 Å². The van der Waals surface area contributed by atoms with Crippen molar-refractivity contribution in [2.24, 2.45) is 0 Å². The molecule has 0 saturated carbocycles. The summed E-state index contributed by atoms with van der Waals surface area (Å²) < 4.78 is 123. The number of carbonyl (C=O) groups is 1. The smallest absolute Gasteiger partial charge is 0.351 e. The molecule has 0 radical (unpaired) electrons. The molecule has 4 aromatic carbocycles. The van der Waals surface area contributed by atoms with Crippen LogP contribution in [0.3, 0.4) is 0 Å². The Morgan fingerprint density at radius 1 is 0.627 bits per heavy atom. The first-order valence-corrected chi connectivity index (χ1v) is 16.2. The van der Waals surface area contributed by atoms with Crippen LogP contribution in [-0.2, 0) is 17.4 Å². The molecule has 0 aliphatic rings. The van der Waals surface area contributed by atoms with Crippen molar-refractivity contribution in [3.63, 3.8) is 0 Å². The van der Waals surface area contributed by atoms with Crippen molar-refractivity contribution in [1.82, 2.24) is 9.97 Å². The summed E-state index contributed by atoms with van der Waals surface area (Å²) in [6.07, 6.45) is 2.01. The number of aliphatic hydroxyl groups is 1. The van der Waals surface area contributed by atoms with Gasteiger partial charge >= 0.3 is 11.8 Å². The van der Waals surface area contributed by atoms with Crippen LogP contribution in [0.5, 0.6) is 23.0 Å². The molecule has 2 heterocycles. The van der Waals surface area contributed by atoms with Gasteiger partial charge in [-0.25, -0.2) is 17.6 Å². The zero-order chi connectivity index (χ0) is 41.5. The first-order valence-electron chi connectivity index (χ1n) is 16.2. The minimum absolute atomic E-state index is 0. The summed E-state index contributed by atoms with van der Waals surface area (Å²) in [5, 5.41) is 27.9.